The van der Waals surface area contributed by atoms with E-state index < -0.39 is 0 Å². The zero-order valence-electron chi connectivity index (χ0n) is 8.51. The van der Waals surface area contributed by atoms with Gasteiger partial charge in [-0.25, -0.2) is 4.98 Å². The topological polar surface area (TPSA) is 26.2 Å². The molecule has 0 aromatic carbocycles. The van der Waals surface area contributed by atoms with Crippen LogP contribution < -0.4 is 10.3 Å². The van der Waals surface area contributed by atoms with Gasteiger partial charge in [-0.05, 0) is 5.92 Å². The van der Waals surface area contributed by atoms with E-state index >= 15 is 0 Å². The molecule has 0 fully saturated rings. The van der Waals surface area contributed by atoms with E-state index in [1.165, 1.54) is 18.5 Å². The van der Waals surface area contributed by atoms with E-state index in [0.717, 1.165) is 12.5 Å². The first-order valence-electron chi connectivity index (χ1n) is 5.06. The number of anilines is 1. The molecule has 1 aromatic rings. The third kappa shape index (κ3) is 3.45. The Balaban J connectivity index is 2.34. The number of aromatic amines is 1. The molecule has 0 atom stereocenters. The maximum atomic E-state index is 3.43. The minimum absolute atomic E-state index is 0.796. The summed E-state index contributed by atoms with van der Waals surface area (Å²) in [5.41, 5.74) is 1.20. The molecule has 1 heterocycles. The van der Waals surface area contributed by atoms with E-state index in [0.29, 0.717) is 0 Å². The SMILES string of the molecule is CCC(CC)CNc1cc[nH+]cc1. The smallest absolute Gasteiger partial charge is 0.169 e. The third-order valence-electron chi connectivity index (χ3n) is 2.47. The Labute approximate surface area is 80.4 Å². The Bertz CT molecular complexity index is 217. The molecule has 0 saturated carbocycles. The maximum Gasteiger partial charge on any atom is 0.169 e. The number of rotatable bonds is 5. The quantitative estimate of drug-likeness (QED) is 0.737. The molecular formula is C11H19N2+. The van der Waals surface area contributed by atoms with Crippen molar-refractivity contribution in [2.45, 2.75) is 26.7 Å². The van der Waals surface area contributed by atoms with Crippen LogP contribution in [-0.4, -0.2) is 6.54 Å². The van der Waals surface area contributed by atoms with Crippen LogP contribution in [0.3, 0.4) is 0 Å². The van der Waals surface area contributed by atoms with Crippen molar-refractivity contribution >= 4 is 5.69 Å². The molecule has 0 amide bonds. The largest absolute Gasteiger partial charge is 0.384 e. The molecule has 0 aliphatic heterocycles. The summed E-state index contributed by atoms with van der Waals surface area (Å²) in [4.78, 5) is 3.01. The van der Waals surface area contributed by atoms with Gasteiger partial charge in [0.25, 0.3) is 0 Å². The van der Waals surface area contributed by atoms with Crippen LogP contribution >= 0.6 is 0 Å². The molecule has 0 radical (unpaired) electrons. The van der Waals surface area contributed by atoms with Gasteiger partial charge in [-0.3, -0.25) is 0 Å². The standard InChI is InChI=1S/C11H18N2/c1-3-10(4-2)9-13-11-5-7-12-8-6-11/h5-8,10H,3-4,9H2,1-2H3,(H,12,13)/p+1. The highest BCUT2D eigenvalue weighted by molar-refractivity contribution is 5.39. The van der Waals surface area contributed by atoms with Crippen LogP contribution in [0.5, 0.6) is 0 Å². The molecule has 2 nitrogen and oxygen atoms in total. The van der Waals surface area contributed by atoms with E-state index in [-0.39, 0.29) is 0 Å². The van der Waals surface area contributed by atoms with Gasteiger partial charge in [0.2, 0.25) is 0 Å². The minimum atomic E-state index is 0.796. The second-order valence-corrected chi connectivity index (χ2v) is 3.35. The maximum absolute atomic E-state index is 3.43. The number of hydrogen-bond acceptors (Lipinski definition) is 1. The van der Waals surface area contributed by atoms with Crippen molar-refractivity contribution in [2.24, 2.45) is 5.92 Å². The molecule has 0 unspecified atom stereocenters. The lowest BCUT2D eigenvalue weighted by Gasteiger charge is -2.13. The fourth-order valence-corrected chi connectivity index (χ4v) is 1.34. The van der Waals surface area contributed by atoms with Gasteiger partial charge in [-0.2, -0.15) is 0 Å². The highest BCUT2D eigenvalue weighted by atomic mass is 14.9. The summed E-state index contributed by atoms with van der Waals surface area (Å²) >= 11 is 0. The molecule has 0 aliphatic rings. The van der Waals surface area contributed by atoms with E-state index in [9.17, 15) is 0 Å². The monoisotopic (exact) mass is 179 g/mol. The van der Waals surface area contributed by atoms with Crippen molar-refractivity contribution in [2.75, 3.05) is 11.9 Å². The Hall–Kier alpha value is -1.05. The Morgan fingerprint density at radius 3 is 2.38 bits per heavy atom. The average molecular weight is 179 g/mol. The molecule has 13 heavy (non-hydrogen) atoms. The van der Waals surface area contributed by atoms with Gasteiger partial charge >= 0.3 is 0 Å². The van der Waals surface area contributed by atoms with Gasteiger partial charge in [0, 0.05) is 24.4 Å². The first-order chi connectivity index (χ1) is 6.36. The number of nitrogens with one attached hydrogen (secondary N) is 2. The molecule has 1 rings (SSSR count). The molecule has 72 valence electrons. The predicted octanol–water partition coefficient (Wildman–Crippen LogP) is 2.35. The van der Waals surface area contributed by atoms with Crippen LogP contribution in [-0.2, 0) is 0 Å². The van der Waals surface area contributed by atoms with Gasteiger partial charge in [0.1, 0.15) is 0 Å². The number of H-pyrrole nitrogens is 1. The zero-order valence-corrected chi connectivity index (χ0v) is 8.51. The zero-order chi connectivity index (χ0) is 9.52. The van der Waals surface area contributed by atoms with Crippen LogP contribution in [0.15, 0.2) is 24.5 Å². The van der Waals surface area contributed by atoms with Crippen LogP contribution in [0.2, 0.25) is 0 Å². The van der Waals surface area contributed by atoms with Gasteiger partial charge < -0.3 is 5.32 Å². The van der Waals surface area contributed by atoms with E-state index in [1.54, 1.807) is 0 Å². The van der Waals surface area contributed by atoms with Crippen molar-refractivity contribution in [3.05, 3.63) is 24.5 Å². The van der Waals surface area contributed by atoms with Gasteiger partial charge in [0.15, 0.2) is 12.4 Å². The first kappa shape index (κ1) is 10.0. The normalized spacial score (nSPS) is 10.4. The summed E-state index contributed by atoms with van der Waals surface area (Å²) in [6.07, 6.45) is 6.38. The summed E-state index contributed by atoms with van der Waals surface area (Å²) in [7, 11) is 0. The molecule has 0 aliphatic carbocycles. The summed E-state index contributed by atoms with van der Waals surface area (Å²) in [6, 6.07) is 4.12. The number of pyridine rings is 1. The Kier molecular flexibility index (Phi) is 4.30. The van der Waals surface area contributed by atoms with Crippen LogP contribution in [0, 0.1) is 5.92 Å². The third-order valence-corrected chi connectivity index (χ3v) is 2.47. The summed E-state index contributed by atoms with van der Waals surface area (Å²) in [5, 5.41) is 3.43. The van der Waals surface area contributed by atoms with Crippen molar-refractivity contribution in [3.8, 4) is 0 Å². The van der Waals surface area contributed by atoms with Gasteiger partial charge in [-0.15, -0.1) is 0 Å². The molecule has 2 N–H and O–H groups in total. The predicted molar refractivity (Wildman–Crippen MR) is 55.6 cm³/mol. The molecule has 0 spiro atoms. The van der Waals surface area contributed by atoms with Crippen molar-refractivity contribution in [1.82, 2.24) is 0 Å². The van der Waals surface area contributed by atoms with Crippen molar-refractivity contribution in [1.29, 1.82) is 0 Å². The van der Waals surface area contributed by atoms with E-state index in [2.05, 4.69) is 36.3 Å². The Morgan fingerprint density at radius 1 is 1.23 bits per heavy atom. The lowest BCUT2D eigenvalue weighted by molar-refractivity contribution is -0.377. The molecule has 1 aromatic heterocycles. The fourth-order valence-electron chi connectivity index (χ4n) is 1.34. The molecule has 0 saturated heterocycles. The lowest BCUT2D eigenvalue weighted by atomic mass is 10.0. The highest BCUT2D eigenvalue weighted by Crippen LogP contribution is 2.09. The summed E-state index contributed by atoms with van der Waals surface area (Å²) in [6.45, 7) is 5.57. The lowest BCUT2D eigenvalue weighted by Crippen LogP contribution is -2.13. The molecular weight excluding hydrogens is 160 g/mol. The minimum Gasteiger partial charge on any atom is -0.384 e. The number of aromatic nitrogens is 1. The molecule has 0 bridgehead atoms. The first-order valence-corrected chi connectivity index (χ1v) is 5.06. The fraction of sp³-hybridized carbons (Fsp3) is 0.545. The summed E-state index contributed by atoms with van der Waals surface area (Å²) < 4.78 is 0. The summed E-state index contributed by atoms with van der Waals surface area (Å²) in [5.74, 6) is 0.796. The Morgan fingerprint density at radius 2 is 1.85 bits per heavy atom. The van der Waals surface area contributed by atoms with Crippen molar-refractivity contribution < 1.29 is 4.98 Å². The van der Waals surface area contributed by atoms with Gasteiger partial charge in [-0.1, -0.05) is 26.7 Å². The van der Waals surface area contributed by atoms with Crippen LogP contribution in [0.1, 0.15) is 26.7 Å². The second kappa shape index (κ2) is 5.57. The molecule has 2 heteroatoms. The van der Waals surface area contributed by atoms with Crippen molar-refractivity contribution in [3.63, 3.8) is 0 Å². The highest BCUT2D eigenvalue weighted by Gasteiger charge is 2.02. The number of hydrogen-bond donors (Lipinski definition) is 1. The van der Waals surface area contributed by atoms with E-state index in [1.807, 2.05) is 12.4 Å². The van der Waals surface area contributed by atoms with Crippen LogP contribution in [0.4, 0.5) is 5.69 Å². The van der Waals surface area contributed by atoms with E-state index in [4.69, 9.17) is 0 Å². The van der Waals surface area contributed by atoms with Crippen LogP contribution in [0.25, 0.3) is 0 Å². The second-order valence-electron chi connectivity index (χ2n) is 3.35. The van der Waals surface area contributed by atoms with Gasteiger partial charge in [0.05, 0.1) is 0 Å². The average Bonchev–Trinajstić information content (AvgIpc) is 2.21.